The van der Waals surface area contributed by atoms with E-state index in [-0.39, 0.29) is 6.04 Å². The number of nitrogens with zero attached hydrogens (tertiary/aromatic N) is 2. The van der Waals surface area contributed by atoms with Crippen LogP contribution < -0.4 is 9.47 Å². The van der Waals surface area contributed by atoms with Crippen molar-refractivity contribution in [2.45, 2.75) is 18.7 Å². The van der Waals surface area contributed by atoms with E-state index in [9.17, 15) is 0 Å². The number of rotatable bonds is 3. The van der Waals surface area contributed by atoms with Gasteiger partial charge in [-0.15, -0.1) is 0 Å². The molecule has 164 valence electrons. The standard InChI is InChI=1S/C27H20Br2N2O2/c1-32-25-9-5-4-8-20(25)27-31-24(21-13-19(28)14-22(29)26(21)33-27)15-23(30-31)18-11-10-16-6-2-3-7-17(16)12-18/h2-14,24,27H,15H2,1H3/t24-,27+/m1/s1. The van der Waals surface area contributed by atoms with Crippen LogP contribution in [0.2, 0.25) is 0 Å². The second kappa shape index (κ2) is 8.19. The number of benzene rings is 4. The van der Waals surface area contributed by atoms with E-state index in [1.54, 1.807) is 7.11 Å². The highest BCUT2D eigenvalue weighted by Gasteiger charge is 2.42. The van der Waals surface area contributed by atoms with Gasteiger partial charge in [-0.3, -0.25) is 0 Å². The van der Waals surface area contributed by atoms with Crippen LogP contribution in [-0.4, -0.2) is 17.8 Å². The van der Waals surface area contributed by atoms with Crippen molar-refractivity contribution in [3.63, 3.8) is 0 Å². The number of ether oxygens (including phenoxy) is 2. The lowest BCUT2D eigenvalue weighted by molar-refractivity contribution is -0.0210. The average Bonchev–Trinajstić information content (AvgIpc) is 3.29. The molecule has 33 heavy (non-hydrogen) atoms. The Morgan fingerprint density at radius 3 is 2.55 bits per heavy atom. The number of hydrogen-bond acceptors (Lipinski definition) is 4. The van der Waals surface area contributed by atoms with Gasteiger partial charge in [0.05, 0.1) is 28.9 Å². The second-order valence-corrected chi connectivity index (χ2v) is 10.00. The van der Waals surface area contributed by atoms with Crippen molar-refractivity contribution in [3.8, 4) is 11.5 Å². The first-order valence-electron chi connectivity index (χ1n) is 10.8. The average molecular weight is 564 g/mol. The minimum atomic E-state index is -0.394. The van der Waals surface area contributed by atoms with Gasteiger partial charge < -0.3 is 9.47 Å². The van der Waals surface area contributed by atoms with Crippen LogP contribution in [0.4, 0.5) is 0 Å². The Morgan fingerprint density at radius 2 is 1.70 bits per heavy atom. The molecule has 2 aliphatic heterocycles. The molecule has 4 aromatic carbocycles. The van der Waals surface area contributed by atoms with E-state index in [1.165, 1.54) is 10.8 Å². The maximum atomic E-state index is 6.59. The Hall–Kier alpha value is -2.83. The Bertz CT molecular complexity index is 1420. The van der Waals surface area contributed by atoms with Crippen LogP contribution in [0.5, 0.6) is 11.5 Å². The van der Waals surface area contributed by atoms with Crippen molar-refractivity contribution in [3.05, 3.63) is 104 Å². The lowest BCUT2D eigenvalue weighted by Crippen LogP contribution is -2.34. The first-order chi connectivity index (χ1) is 16.1. The minimum absolute atomic E-state index is 0.0546. The summed E-state index contributed by atoms with van der Waals surface area (Å²) < 4.78 is 14.2. The molecular weight excluding hydrogens is 544 g/mol. The minimum Gasteiger partial charge on any atom is -0.496 e. The Morgan fingerprint density at radius 1 is 0.909 bits per heavy atom. The largest absolute Gasteiger partial charge is 0.496 e. The molecule has 0 aliphatic carbocycles. The van der Waals surface area contributed by atoms with Crippen molar-refractivity contribution in [1.29, 1.82) is 0 Å². The molecule has 0 bridgehead atoms. The van der Waals surface area contributed by atoms with E-state index < -0.39 is 6.23 Å². The van der Waals surface area contributed by atoms with Crippen molar-refractivity contribution >= 4 is 48.3 Å². The number of hydrogen-bond donors (Lipinski definition) is 0. The molecule has 0 saturated heterocycles. The predicted molar refractivity (Wildman–Crippen MR) is 138 cm³/mol. The van der Waals surface area contributed by atoms with Gasteiger partial charge in [0.2, 0.25) is 6.23 Å². The predicted octanol–water partition coefficient (Wildman–Crippen LogP) is 7.62. The third-order valence-electron chi connectivity index (χ3n) is 6.30. The number of hydrazone groups is 1. The van der Waals surface area contributed by atoms with Gasteiger partial charge in [-0.25, -0.2) is 5.01 Å². The zero-order valence-electron chi connectivity index (χ0n) is 17.8. The van der Waals surface area contributed by atoms with Crippen LogP contribution >= 0.6 is 31.9 Å². The lowest BCUT2D eigenvalue weighted by atomic mass is 9.95. The normalized spacial score (nSPS) is 19.0. The van der Waals surface area contributed by atoms with Gasteiger partial charge in [0, 0.05) is 16.5 Å². The molecule has 0 aromatic heterocycles. The molecule has 0 N–H and O–H groups in total. The van der Waals surface area contributed by atoms with Crippen LogP contribution in [0.25, 0.3) is 10.8 Å². The Labute approximate surface area is 209 Å². The van der Waals surface area contributed by atoms with E-state index in [2.05, 4.69) is 85.4 Å². The van der Waals surface area contributed by atoms with E-state index in [1.807, 2.05) is 30.3 Å². The van der Waals surface area contributed by atoms with E-state index in [4.69, 9.17) is 14.6 Å². The SMILES string of the molecule is COc1ccccc1[C@@H]1Oc2c(Br)cc(Br)cc2[C@H]2CC(c3ccc4ccccc4c3)=NN21. The highest BCUT2D eigenvalue weighted by molar-refractivity contribution is 9.11. The van der Waals surface area contributed by atoms with Crippen molar-refractivity contribution in [2.24, 2.45) is 5.10 Å². The lowest BCUT2D eigenvalue weighted by Gasteiger charge is -2.39. The molecule has 2 aliphatic rings. The van der Waals surface area contributed by atoms with Crippen molar-refractivity contribution in [2.75, 3.05) is 7.11 Å². The summed E-state index contributed by atoms with van der Waals surface area (Å²) in [6, 6.07) is 27.2. The summed E-state index contributed by atoms with van der Waals surface area (Å²) in [6.07, 6.45) is 0.401. The molecule has 6 rings (SSSR count). The fraction of sp³-hybridized carbons (Fsp3) is 0.148. The van der Waals surface area contributed by atoms with Crippen molar-refractivity contribution < 1.29 is 9.47 Å². The molecule has 0 amide bonds. The van der Waals surface area contributed by atoms with Crippen LogP contribution in [0.3, 0.4) is 0 Å². The molecule has 2 atom stereocenters. The maximum absolute atomic E-state index is 6.59. The number of fused-ring (bicyclic) bond motifs is 4. The maximum Gasteiger partial charge on any atom is 0.217 e. The molecule has 0 fully saturated rings. The smallest absolute Gasteiger partial charge is 0.217 e. The van der Waals surface area contributed by atoms with Crippen LogP contribution in [0, 0.1) is 0 Å². The number of methoxy groups -OCH3 is 1. The van der Waals surface area contributed by atoms with Gasteiger partial charge in [-0.05, 0) is 62.6 Å². The fourth-order valence-corrected chi connectivity index (χ4v) is 6.09. The highest BCUT2D eigenvalue weighted by atomic mass is 79.9. The molecule has 0 radical (unpaired) electrons. The Balaban J connectivity index is 1.49. The van der Waals surface area contributed by atoms with Gasteiger partial charge in [0.1, 0.15) is 11.5 Å². The molecule has 2 heterocycles. The number of halogens is 2. The summed E-state index contributed by atoms with van der Waals surface area (Å²) in [7, 11) is 1.69. The summed E-state index contributed by atoms with van der Waals surface area (Å²) in [5, 5.41) is 9.65. The topological polar surface area (TPSA) is 34.1 Å². The monoisotopic (exact) mass is 562 g/mol. The third-order valence-corrected chi connectivity index (χ3v) is 7.34. The van der Waals surface area contributed by atoms with Crippen LogP contribution in [0.1, 0.15) is 35.4 Å². The molecule has 4 nitrogen and oxygen atoms in total. The zero-order chi connectivity index (χ0) is 22.5. The quantitative estimate of drug-likeness (QED) is 0.257. The highest BCUT2D eigenvalue weighted by Crippen LogP contribution is 2.51. The van der Waals surface area contributed by atoms with Gasteiger partial charge >= 0.3 is 0 Å². The summed E-state index contributed by atoms with van der Waals surface area (Å²) >= 11 is 7.36. The molecule has 0 spiro atoms. The first-order valence-corrected chi connectivity index (χ1v) is 12.3. The summed E-state index contributed by atoms with van der Waals surface area (Å²) in [6.45, 7) is 0. The molecular formula is C27H20Br2N2O2. The first kappa shape index (κ1) is 20.8. The fourth-order valence-electron chi connectivity index (χ4n) is 4.73. The van der Waals surface area contributed by atoms with Gasteiger partial charge in [0.15, 0.2) is 0 Å². The summed E-state index contributed by atoms with van der Waals surface area (Å²) in [5.74, 6) is 1.64. The van der Waals surface area contributed by atoms with E-state index in [0.717, 1.165) is 49.3 Å². The van der Waals surface area contributed by atoms with Gasteiger partial charge in [-0.1, -0.05) is 64.5 Å². The number of para-hydroxylation sites is 1. The molecule has 0 saturated carbocycles. The Kier molecular flexibility index (Phi) is 5.15. The summed E-state index contributed by atoms with van der Waals surface area (Å²) in [4.78, 5) is 0. The van der Waals surface area contributed by atoms with Gasteiger partial charge in [0.25, 0.3) is 0 Å². The van der Waals surface area contributed by atoms with Crippen LogP contribution in [0.15, 0.2) is 92.9 Å². The molecule has 4 aromatic rings. The molecule has 0 unspecified atom stereocenters. The van der Waals surface area contributed by atoms with Crippen molar-refractivity contribution in [1.82, 2.24) is 5.01 Å². The van der Waals surface area contributed by atoms with E-state index in [0.29, 0.717) is 0 Å². The second-order valence-electron chi connectivity index (χ2n) is 8.23. The van der Waals surface area contributed by atoms with Crippen LogP contribution in [-0.2, 0) is 0 Å². The third kappa shape index (κ3) is 3.52. The van der Waals surface area contributed by atoms with Gasteiger partial charge in [-0.2, -0.15) is 5.10 Å². The zero-order valence-corrected chi connectivity index (χ0v) is 21.0. The molecule has 6 heteroatoms. The van der Waals surface area contributed by atoms with E-state index >= 15 is 0 Å². The summed E-state index contributed by atoms with van der Waals surface area (Å²) in [5.41, 5.74) is 4.26.